The van der Waals surface area contributed by atoms with Crippen molar-refractivity contribution in [1.29, 1.82) is 0 Å². The molecule has 0 aliphatic carbocycles. The molecule has 2 aliphatic heterocycles. The fourth-order valence-electron chi connectivity index (χ4n) is 3.83. The first kappa shape index (κ1) is 20.0. The van der Waals surface area contributed by atoms with E-state index in [1.165, 1.54) is 19.3 Å². The quantitative estimate of drug-likeness (QED) is 0.745. The zero-order valence-corrected chi connectivity index (χ0v) is 16.1. The summed E-state index contributed by atoms with van der Waals surface area (Å²) < 4.78 is 0. The van der Waals surface area contributed by atoms with Gasteiger partial charge in [0, 0.05) is 39.3 Å². The predicted molar refractivity (Wildman–Crippen MR) is 101 cm³/mol. The number of rotatable bonds is 6. The number of unbranched alkanes of at least 4 members (excludes halogenated alkanes) is 3. The highest BCUT2D eigenvalue weighted by atomic mass is 16.2. The number of amides is 3. The molecule has 0 spiro atoms. The summed E-state index contributed by atoms with van der Waals surface area (Å²) in [5.74, 6) is 0.422. The first-order chi connectivity index (χ1) is 12.1. The van der Waals surface area contributed by atoms with E-state index in [1.54, 1.807) is 0 Å². The molecule has 0 aromatic heterocycles. The van der Waals surface area contributed by atoms with E-state index >= 15 is 0 Å². The van der Waals surface area contributed by atoms with Crippen LogP contribution in [0.5, 0.6) is 0 Å². The van der Waals surface area contributed by atoms with Gasteiger partial charge >= 0.3 is 6.03 Å². The van der Waals surface area contributed by atoms with Gasteiger partial charge in [-0.3, -0.25) is 4.79 Å². The molecule has 6 nitrogen and oxygen atoms in total. The minimum absolute atomic E-state index is 0.0307. The van der Waals surface area contributed by atoms with Gasteiger partial charge in [0.05, 0.1) is 5.92 Å². The molecule has 25 heavy (non-hydrogen) atoms. The van der Waals surface area contributed by atoms with Gasteiger partial charge in [0.25, 0.3) is 0 Å². The third-order valence-electron chi connectivity index (χ3n) is 5.38. The summed E-state index contributed by atoms with van der Waals surface area (Å²) in [6.07, 6.45) is 7.64. The van der Waals surface area contributed by atoms with Gasteiger partial charge < -0.3 is 20.0 Å². The van der Waals surface area contributed by atoms with Crippen LogP contribution in [0.25, 0.3) is 0 Å². The van der Waals surface area contributed by atoms with Crippen molar-refractivity contribution in [3.63, 3.8) is 0 Å². The Morgan fingerprint density at radius 3 is 2.48 bits per heavy atom. The lowest BCUT2D eigenvalue weighted by atomic mass is 9.97. The van der Waals surface area contributed by atoms with Gasteiger partial charge in [0.2, 0.25) is 5.91 Å². The van der Waals surface area contributed by atoms with Crippen LogP contribution in [0.4, 0.5) is 4.79 Å². The highest BCUT2D eigenvalue weighted by molar-refractivity contribution is 5.79. The molecular formula is C19H36N4O2. The Morgan fingerprint density at radius 1 is 0.960 bits per heavy atom. The van der Waals surface area contributed by atoms with E-state index in [0.717, 1.165) is 58.4 Å². The summed E-state index contributed by atoms with van der Waals surface area (Å²) in [4.78, 5) is 31.2. The maximum Gasteiger partial charge on any atom is 0.317 e. The summed E-state index contributed by atoms with van der Waals surface area (Å²) in [5.41, 5.74) is 0. The number of carbonyl (C=O) groups excluding carboxylic acids is 2. The summed E-state index contributed by atoms with van der Waals surface area (Å²) in [5, 5.41) is 3.03. The molecule has 0 radical (unpaired) electrons. The Balaban J connectivity index is 1.73. The number of hydrogen-bond acceptors (Lipinski definition) is 3. The smallest absolute Gasteiger partial charge is 0.317 e. The number of urea groups is 1. The highest BCUT2D eigenvalue weighted by Gasteiger charge is 2.29. The van der Waals surface area contributed by atoms with Crippen LogP contribution in [0, 0.1) is 5.92 Å². The molecule has 2 fully saturated rings. The molecular weight excluding hydrogens is 316 g/mol. The predicted octanol–water partition coefficient (Wildman–Crippen LogP) is 2.15. The van der Waals surface area contributed by atoms with Crippen LogP contribution in [-0.4, -0.2) is 79.5 Å². The first-order valence-corrected chi connectivity index (χ1v) is 10.1. The first-order valence-electron chi connectivity index (χ1n) is 10.1. The molecule has 2 rings (SSSR count). The van der Waals surface area contributed by atoms with E-state index in [0.29, 0.717) is 13.1 Å². The lowest BCUT2D eigenvalue weighted by Crippen LogP contribution is -2.46. The van der Waals surface area contributed by atoms with Gasteiger partial charge in [-0.1, -0.05) is 26.2 Å². The van der Waals surface area contributed by atoms with Crippen molar-refractivity contribution in [3.8, 4) is 0 Å². The van der Waals surface area contributed by atoms with E-state index in [2.05, 4.69) is 24.2 Å². The molecule has 0 aromatic rings. The topological polar surface area (TPSA) is 55.9 Å². The Hall–Kier alpha value is -1.30. The summed E-state index contributed by atoms with van der Waals surface area (Å²) >= 11 is 0. The fraction of sp³-hybridized carbons (Fsp3) is 0.895. The van der Waals surface area contributed by atoms with Gasteiger partial charge in [-0.15, -0.1) is 0 Å². The van der Waals surface area contributed by atoms with Crippen molar-refractivity contribution in [3.05, 3.63) is 0 Å². The average molecular weight is 353 g/mol. The van der Waals surface area contributed by atoms with Gasteiger partial charge in [0.1, 0.15) is 0 Å². The van der Waals surface area contributed by atoms with Crippen LogP contribution in [-0.2, 0) is 4.79 Å². The molecule has 0 aromatic carbocycles. The van der Waals surface area contributed by atoms with Crippen molar-refractivity contribution in [2.24, 2.45) is 5.92 Å². The summed E-state index contributed by atoms with van der Waals surface area (Å²) in [6, 6.07) is 0.0307. The summed E-state index contributed by atoms with van der Waals surface area (Å²) in [7, 11) is 2.09. The standard InChI is InChI=1S/C19H36N4O2/c1-3-4-5-6-10-20-19(25)23-13-8-12-22(14-15-23)18(24)17-9-7-11-21(2)16-17/h17H,3-16H2,1-2H3,(H,20,25). The molecule has 2 saturated heterocycles. The number of nitrogens with one attached hydrogen (secondary N) is 1. The molecule has 2 heterocycles. The largest absolute Gasteiger partial charge is 0.341 e. The second-order valence-corrected chi connectivity index (χ2v) is 7.56. The lowest BCUT2D eigenvalue weighted by molar-refractivity contribution is -0.137. The molecule has 6 heteroatoms. The van der Waals surface area contributed by atoms with E-state index in [4.69, 9.17) is 0 Å². The maximum atomic E-state index is 12.8. The minimum Gasteiger partial charge on any atom is -0.341 e. The fourth-order valence-corrected chi connectivity index (χ4v) is 3.83. The number of likely N-dealkylation sites (tertiary alicyclic amines) is 1. The van der Waals surface area contributed by atoms with Crippen molar-refractivity contribution in [2.45, 2.75) is 51.9 Å². The van der Waals surface area contributed by atoms with Crippen molar-refractivity contribution in [1.82, 2.24) is 20.0 Å². The van der Waals surface area contributed by atoms with E-state index in [9.17, 15) is 9.59 Å². The number of piperidine rings is 1. The molecule has 0 saturated carbocycles. The number of hydrogen-bond donors (Lipinski definition) is 1. The maximum absolute atomic E-state index is 12.8. The molecule has 1 N–H and O–H groups in total. The number of carbonyl (C=O) groups is 2. The van der Waals surface area contributed by atoms with E-state index in [1.807, 2.05) is 9.80 Å². The Kier molecular flexibility index (Phi) is 8.52. The second kappa shape index (κ2) is 10.6. The highest BCUT2D eigenvalue weighted by Crippen LogP contribution is 2.18. The van der Waals surface area contributed by atoms with Crippen molar-refractivity contribution in [2.75, 3.05) is 52.9 Å². The van der Waals surface area contributed by atoms with Crippen molar-refractivity contribution >= 4 is 11.9 Å². The molecule has 1 unspecified atom stereocenters. The third kappa shape index (κ3) is 6.49. The lowest BCUT2D eigenvalue weighted by Gasteiger charge is -2.32. The zero-order valence-electron chi connectivity index (χ0n) is 16.1. The third-order valence-corrected chi connectivity index (χ3v) is 5.38. The molecule has 144 valence electrons. The Labute approximate surface area is 152 Å². The van der Waals surface area contributed by atoms with Gasteiger partial charge in [-0.2, -0.15) is 0 Å². The monoisotopic (exact) mass is 352 g/mol. The SMILES string of the molecule is CCCCCCNC(=O)N1CCCN(C(=O)C2CCCN(C)C2)CC1. The van der Waals surface area contributed by atoms with Gasteiger partial charge in [-0.05, 0) is 39.3 Å². The van der Waals surface area contributed by atoms with Crippen LogP contribution in [0.15, 0.2) is 0 Å². The molecule has 0 bridgehead atoms. The zero-order chi connectivity index (χ0) is 18.1. The van der Waals surface area contributed by atoms with Crippen LogP contribution >= 0.6 is 0 Å². The van der Waals surface area contributed by atoms with E-state index < -0.39 is 0 Å². The summed E-state index contributed by atoms with van der Waals surface area (Å²) in [6.45, 7) is 7.75. The van der Waals surface area contributed by atoms with Crippen LogP contribution in [0.2, 0.25) is 0 Å². The molecule has 1 atom stereocenters. The molecule has 3 amide bonds. The average Bonchev–Trinajstić information content (AvgIpc) is 2.87. The van der Waals surface area contributed by atoms with Gasteiger partial charge in [0.15, 0.2) is 0 Å². The van der Waals surface area contributed by atoms with Gasteiger partial charge in [-0.25, -0.2) is 4.79 Å². The Bertz CT molecular complexity index is 430. The van der Waals surface area contributed by atoms with Crippen molar-refractivity contribution < 1.29 is 9.59 Å². The van der Waals surface area contributed by atoms with Crippen LogP contribution in [0.1, 0.15) is 51.9 Å². The molecule has 2 aliphatic rings. The van der Waals surface area contributed by atoms with Crippen LogP contribution in [0.3, 0.4) is 0 Å². The normalized spacial score (nSPS) is 22.6. The Morgan fingerprint density at radius 2 is 1.72 bits per heavy atom. The second-order valence-electron chi connectivity index (χ2n) is 7.56. The van der Waals surface area contributed by atoms with E-state index in [-0.39, 0.29) is 17.9 Å². The minimum atomic E-state index is 0.0307. The van der Waals surface area contributed by atoms with Crippen LogP contribution < -0.4 is 5.32 Å². The number of nitrogens with zero attached hydrogens (tertiary/aromatic N) is 3.